The number of hydrogen-bond acceptors (Lipinski definition) is 3. The van der Waals surface area contributed by atoms with Gasteiger partial charge in [0, 0.05) is 29.2 Å². The van der Waals surface area contributed by atoms with Gasteiger partial charge in [-0.1, -0.05) is 28.9 Å². The van der Waals surface area contributed by atoms with Crippen LogP contribution in [0.5, 0.6) is 5.75 Å². The Hall–Kier alpha value is -1.07. The molecule has 0 aliphatic rings. The molecule has 0 radical (unpaired) electrons. The molecule has 0 aromatic heterocycles. The average Bonchev–Trinajstić information content (AvgIpc) is 2.46. The largest absolute Gasteiger partial charge is 0.483 e. The number of halogens is 1. The molecule has 0 bridgehead atoms. The van der Waals surface area contributed by atoms with E-state index in [-0.39, 0.29) is 18.6 Å². The summed E-state index contributed by atoms with van der Waals surface area (Å²) in [6.45, 7) is 10.5. The van der Waals surface area contributed by atoms with Gasteiger partial charge in [0.15, 0.2) is 6.61 Å². The number of carbonyl (C=O) groups excluding carboxylic acids is 1. The molecule has 1 aromatic carbocycles. The van der Waals surface area contributed by atoms with Crippen LogP contribution in [0.15, 0.2) is 22.7 Å². The van der Waals surface area contributed by atoms with Crippen molar-refractivity contribution in [2.75, 3.05) is 26.2 Å². The van der Waals surface area contributed by atoms with Crippen LogP contribution in [0.25, 0.3) is 0 Å². The highest BCUT2D eigenvalue weighted by molar-refractivity contribution is 9.10. The van der Waals surface area contributed by atoms with E-state index in [9.17, 15) is 4.79 Å². The summed E-state index contributed by atoms with van der Waals surface area (Å²) in [4.78, 5) is 13.8. The van der Waals surface area contributed by atoms with Crippen LogP contribution in [0, 0.1) is 0 Å². The number of likely N-dealkylation sites (N-methyl/N-ethyl adjacent to an activating group) is 1. The maximum atomic E-state index is 12.0. The maximum Gasteiger partial charge on any atom is 0.260 e. The number of carbonyl (C=O) groups is 1. The van der Waals surface area contributed by atoms with Crippen molar-refractivity contribution < 1.29 is 9.53 Å². The van der Waals surface area contributed by atoms with Gasteiger partial charge in [0.25, 0.3) is 5.91 Å². The molecule has 1 rings (SSSR count). The van der Waals surface area contributed by atoms with E-state index in [0.717, 1.165) is 22.3 Å². The Morgan fingerprint density at radius 2 is 2.00 bits per heavy atom. The van der Waals surface area contributed by atoms with Crippen LogP contribution in [-0.2, 0) is 4.79 Å². The van der Waals surface area contributed by atoms with Crippen LogP contribution in [0.1, 0.15) is 39.3 Å². The second-order valence-corrected chi connectivity index (χ2v) is 5.73. The van der Waals surface area contributed by atoms with E-state index in [4.69, 9.17) is 4.74 Å². The van der Waals surface area contributed by atoms with Crippen LogP contribution >= 0.6 is 15.9 Å². The second kappa shape index (κ2) is 9.05. The quantitative estimate of drug-likeness (QED) is 0.776. The third kappa shape index (κ3) is 5.32. The number of nitrogens with one attached hydrogen (secondary N) is 1. The smallest absolute Gasteiger partial charge is 0.260 e. The normalized spacial score (nSPS) is 12.0. The minimum Gasteiger partial charge on any atom is -0.483 e. The monoisotopic (exact) mass is 356 g/mol. The van der Waals surface area contributed by atoms with Crippen molar-refractivity contribution >= 4 is 21.8 Å². The minimum atomic E-state index is 0.0158. The Morgan fingerprint density at radius 1 is 1.33 bits per heavy atom. The highest BCUT2D eigenvalue weighted by Crippen LogP contribution is 2.28. The molecule has 0 fully saturated rings. The molecule has 1 amide bonds. The molecular formula is C16H25BrN2O2. The fourth-order valence-electron chi connectivity index (χ4n) is 2.21. The minimum absolute atomic E-state index is 0.0158. The predicted molar refractivity (Wildman–Crippen MR) is 89.7 cm³/mol. The number of amides is 1. The highest BCUT2D eigenvalue weighted by atomic mass is 79.9. The highest BCUT2D eigenvalue weighted by Gasteiger charge is 2.15. The molecule has 4 nitrogen and oxygen atoms in total. The first-order valence-electron chi connectivity index (χ1n) is 7.46. The zero-order valence-electron chi connectivity index (χ0n) is 13.3. The van der Waals surface area contributed by atoms with Crippen LogP contribution in [0.2, 0.25) is 0 Å². The molecule has 1 unspecified atom stereocenters. The summed E-state index contributed by atoms with van der Waals surface area (Å²) in [5.41, 5.74) is 1.06. The van der Waals surface area contributed by atoms with Crippen molar-refractivity contribution in [1.82, 2.24) is 10.2 Å². The molecule has 21 heavy (non-hydrogen) atoms. The molecule has 0 aliphatic heterocycles. The third-order valence-corrected chi connectivity index (χ3v) is 3.91. The van der Waals surface area contributed by atoms with E-state index >= 15 is 0 Å². The molecule has 5 heteroatoms. The lowest BCUT2D eigenvalue weighted by Gasteiger charge is -2.21. The first kappa shape index (κ1) is 18.0. The van der Waals surface area contributed by atoms with Crippen LogP contribution in [0.4, 0.5) is 0 Å². The Labute approximate surface area is 136 Å². The summed E-state index contributed by atoms with van der Waals surface area (Å²) < 4.78 is 6.72. The average molecular weight is 357 g/mol. The topological polar surface area (TPSA) is 41.6 Å². The number of hydrogen-bond donors (Lipinski definition) is 1. The van der Waals surface area contributed by atoms with Crippen molar-refractivity contribution in [3.05, 3.63) is 28.2 Å². The molecule has 0 saturated heterocycles. The molecule has 0 aliphatic carbocycles. The van der Waals surface area contributed by atoms with Crippen LogP contribution < -0.4 is 10.1 Å². The number of rotatable bonds is 8. The summed E-state index contributed by atoms with van der Waals surface area (Å²) >= 11 is 3.45. The van der Waals surface area contributed by atoms with Crippen molar-refractivity contribution in [1.29, 1.82) is 0 Å². The fraction of sp³-hybridized carbons (Fsp3) is 0.562. The van der Waals surface area contributed by atoms with Gasteiger partial charge in [0.1, 0.15) is 5.75 Å². The number of nitrogens with zero attached hydrogens (tertiary/aromatic N) is 1. The maximum absolute atomic E-state index is 12.0. The molecule has 118 valence electrons. The van der Waals surface area contributed by atoms with Gasteiger partial charge in [-0.2, -0.15) is 0 Å². The standard InChI is InChI=1S/C16H25BrN2O2/c1-5-18-12(4)14-9-8-13(17)10-15(14)21-11-16(20)19(6-2)7-3/h8-10,12,18H,5-7,11H2,1-4H3. The third-order valence-electron chi connectivity index (χ3n) is 3.42. The van der Waals surface area contributed by atoms with E-state index in [2.05, 4.69) is 35.1 Å². The van der Waals surface area contributed by atoms with Gasteiger partial charge in [0.2, 0.25) is 0 Å². The fourth-order valence-corrected chi connectivity index (χ4v) is 2.55. The van der Waals surface area contributed by atoms with Gasteiger partial charge in [-0.15, -0.1) is 0 Å². The Morgan fingerprint density at radius 3 is 2.57 bits per heavy atom. The zero-order valence-corrected chi connectivity index (χ0v) is 14.9. The SMILES string of the molecule is CCNC(C)c1ccc(Br)cc1OCC(=O)N(CC)CC. The van der Waals surface area contributed by atoms with E-state index in [1.165, 1.54) is 0 Å². The molecular weight excluding hydrogens is 332 g/mol. The summed E-state index contributed by atoms with van der Waals surface area (Å²) in [7, 11) is 0. The second-order valence-electron chi connectivity index (χ2n) is 4.82. The number of benzene rings is 1. The molecule has 1 aromatic rings. The van der Waals surface area contributed by atoms with Gasteiger partial charge in [-0.05, 0) is 39.4 Å². The van der Waals surface area contributed by atoms with Gasteiger partial charge in [-0.3, -0.25) is 4.79 Å². The van der Waals surface area contributed by atoms with Crippen molar-refractivity contribution in [2.45, 2.75) is 33.7 Å². The van der Waals surface area contributed by atoms with Gasteiger partial charge >= 0.3 is 0 Å². The first-order chi connectivity index (χ1) is 10.0. The molecule has 1 atom stereocenters. The molecule has 0 spiro atoms. The van der Waals surface area contributed by atoms with Crippen molar-refractivity contribution in [3.63, 3.8) is 0 Å². The van der Waals surface area contributed by atoms with Gasteiger partial charge in [0.05, 0.1) is 0 Å². The van der Waals surface area contributed by atoms with Crippen LogP contribution in [-0.4, -0.2) is 37.0 Å². The van der Waals surface area contributed by atoms with E-state index in [1.807, 2.05) is 32.0 Å². The molecule has 0 heterocycles. The van der Waals surface area contributed by atoms with Gasteiger partial charge < -0.3 is 15.0 Å². The summed E-state index contributed by atoms with van der Waals surface area (Å²) in [5, 5.41) is 3.36. The predicted octanol–water partition coefficient (Wildman–Crippen LogP) is 3.37. The summed E-state index contributed by atoms with van der Waals surface area (Å²) in [5.74, 6) is 0.764. The summed E-state index contributed by atoms with van der Waals surface area (Å²) in [6, 6.07) is 6.11. The summed E-state index contributed by atoms with van der Waals surface area (Å²) in [6.07, 6.45) is 0. The number of ether oxygens (including phenoxy) is 1. The Kier molecular flexibility index (Phi) is 7.75. The molecule has 1 N–H and O–H groups in total. The van der Waals surface area contributed by atoms with E-state index in [1.54, 1.807) is 4.90 Å². The molecule has 0 saturated carbocycles. The Balaban J connectivity index is 2.81. The lowest BCUT2D eigenvalue weighted by Crippen LogP contribution is -2.34. The van der Waals surface area contributed by atoms with E-state index in [0.29, 0.717) is 13.1 Å². The van der Waals surface area contributed by atoms with Crippen LogP contribution in [0.3, 0.4) is 0 Å². The lowest BCUT2D eigenvalue weighted by molar-refractivity contribution is -0.132. The van der Waals surface area contributed by atoms with Crippen molar-refractivity contribution in [2.24, 2.45) is 0 Å². The Bertz CT molecular complexity index is 462. The lowest BCUT2D eigenvalue weighted by atomic mass is 10.1. The van der Waals surface area contributed by atoms with Crippen molar-refractivity contribution in [3.8, 4) is 5.75 Å². The van der Waals surface area contributed by atoms with E-state index < -0.39 is 0 Å². The first-order valence-corrected chi connectivity index (χ1v) is 8.26. The zero-order chi connectivity index (χ0) is 15.8. The van der Waals surface area contributed by atoms with Gasteiger partial charge in [-0.25, -0.2) is 0 Å².